The van der Waals surface area contributed by atoms with E-state index in [0.29, 0.717) is 12.8 Å². The highest BCUT2D eigenvalue weighted by Crippen LogP contribution is 2.33. The van der Waals surface area contributed by atoms with E-state index in [4.69, 9.17) is 0 Å². The van der Waals surface area contributed by atoms with Crippen LogP contribution in [0.4, 0.5) is 0 Å². The number of aliphatic carboxylic acids is 1. The van der Waals surface area contributed by atoms with Gasteiger partial charge in [0.2, 0.25) is 5.91 Å². The minimum Gasteiger partial charge on any atom is -0.480 e. The maximum atomic E-state index is 11.4. The molecule has 2 rings (SSSR count). The highest BCUT2D eigenvalue weighted by molar-refractivity contribution is 7.82. The summed E-state index contributed by atoms with van der Waals surface area (Å²) in [5.74, 6) is -1.37. The average molecular weight is 322 g/mol. The lowest BCUT2D eigenvalue weighted by molar-refractivity contribution is -0.143. The Balaban J connectivity index is 1.97. The first-order chi connectivity index (χ1) is 10.4. The molecule has 120 valence electrons. The minimum absolute atomic E-state index is 0.340. The standard InChI is InChI=1S/C16H22N2O3S/c1-12(19)17-14(15(20)21)16(22)7-9-18(10-8-16)11-13-5-3-2-4-6-13/h2-6,14,22H,7-11H2,1H3,(H,17,19)(H,20,21). The first-order valence-corrected chi connectivity index (χ1v) is 7.84. The number of amides is 1. The molecule has 6 heteroatoms. The van der Waals surface area contributed by atoms with Gasteiger partial charge in [-0.1, -0.05) is 30.3 Å². The summed E-state index contributed by atoms with van der Waals surface area (Å²) in [6.45, 7) is 3.71. The van der Waals surface area contributed by atoms with Crippen molar-refractivity contribution in [1.29, 1.82) is 0 Å². The molecule has 1 aromatic carbocycles. The predicted molar refractivity (Wildman–Crippen MR) is 87.9 cm³/mol. The van der Waals surface area contributed by atoms with Gasteiger partial charge in [-0.3, -0.25) is 9.69 Å². The second-order valence-corrected chi connectivity index (χ2v) is 6.73. The Bertz CT molecular complexity index is 527. The Hall–Kier alpha value is -1.53. The number of carbonyl (C=O) groups excluding carboxylic acids is 1. The molecular weight excluding hydrogens is 300 g/mol. The number of nitrogens with zero attached hydrogens (tertiary/aromatic N) is 1. The van der Waals surface area contributed by atoms with Crippen LogP contribution in [0.15, 0.2) is 30.3 Å². The Morgan fingerprint density at radius 2 is 1.91 bits per heavy atom. The van der Waals surface area contributed by atoms with Gasteiger partial charge < -0.3 is 10.4 Å². The van der Waals surface area contributed by atoms with Crippen molar-refractivity contribution >= 4 is 24.5 Å². The summed E-state index contributed by atoms with van der Waals surface area (Å²) >= 11 is 4.60. The van der Waals surface area contributed by atoms with E-state index in [9.17, 15) is 14.7 Å². The Kier molecular flexibility index (Phi) is 5.47. The quantitative estimate of drug-likeness (QED) is 0.719. The van der Waals surface area contributed by atoms with Gasteiger partial charge in [0.05, 0.1) is 0 Å². The largest absolute Gasteiger partial charge is 0.480 e. The molecule has 1 fully saturated rings. The van der Waals surface area contributed by atoms with E-state index in [1.54, 1.807) is 0 Å². The van der Waals surface area contributed by atoms with Gasteiger partial charge >= 0.3 is 5.97 Å². The van der Waals surface area contributed by atoms with E-state index in [2.05, 4.69) is 35.0 Å². The normalized spacial score (nSPS) is 19.4. The molecule has 1 aliphatic heterocycles. The van der Waals surface area contributed by atoms with Crippen LogP contribution in [-0.2, 0) is 16.1 Å². The van der Waals surface area contributed by atoms with Crippen LogP contribution >= 0.6 is 12.6 Å². The first kappa shape index (κ1) is 16.8. The molecule has 0 aliphatic carbocycles. The van der Waals surface area contributed by atoms with Crippen molar-refractivity contribution < 1.29 is 14.7 Å². The van der Waals surface area contributed by atoms with E-state index < -0.39 is 16.8 Å². The highest BCUT2D eigenvalue weighted by Gasteiger charge is 2.43. The number of likely N-dealkylation sites (tertiary alicyclic amines) is 1. The lowest BCUT2D eigenvalue weighted by Gasteiger charge is -2.41. The number of thiol groups is 1. The summed E-state index contributed by atoms with van der Waals surface area (Å²) in [6, 6.07) is 9.23. The number of nitrogens with one attached hydrogen (secondary N) is 1. The van der Waals surface area contributed by atoms with E-state index in [1.807, 2.05) is 18.2 Å². The van der Waals surface area contributed by atoms with Crippen molar-refractivity contribution in [2.45, 2.75) is 37.1 Å². The van der Waals surface area contributed by atoms with Crippen LogP contribution in [0.5, 0.6) is 0 Å². The van der Waals surface area contributed by atoms with Crippen molar-refractivity contribution in [2.24, 2.45) is 0 Å². The average Bonchev–Trinajstić information content (AvgIpc) is 2.48. The third-order valence-electron chi connectivity index (χ3n) is 4.10. The molecule has 1 saturated heterocycles. The molecule has 1 aliphatic rings. The van der Waals surface area contributed by atoms with Crippen molar-refractivity contribution in [2.75, 3.05) is 13.1 Å². The van der Waals surface area contributed by atoms with Gasteiger partial charge in [-0.15, -0.1) is 0 Å². The first-order valence-electron chi connectivity index (χ1n) is 7.39. The number of hydrogen-bond acceptors (Lipinski definition) is 4. The number of benzene rings is 1. The molecule has 0 saturated carbocycles. The van der Waals surface area contributed by atoms with E-state index in [1.165, 1.54) is 12.5 Å². The Labute approximate surface area is 136 Å². The molecule has 0 aromatic heterocycles. The molecule has 1 unspecified atom stereocenters. The van der Waals surface area contributed by atoms with Gasteiger partial charge in [0.15, 0.2) is 0 Å². The Morgan fingerprint density at radius 1 is 1.32 bits per heavy atom. The highest BCUT2D eigenvalue weighted by atomic mass is 32.1. The van der Waals surface area contributed by atoms with E-state index in [0.717, 1.165) is 19.6 Å². The molecule has 22 heavy (non-hydrogen) atoms. The fourth-order valence-corrected chi connectivity index (χ4v) is 3.23. The lowest BCUT2D eigenvalue weighted by atomic mass is 9.87. The van der Waals surface area contributed by atoms with Crippen molar-refractivity contribution in [3.8, 4) is 0 Å². The van der Waals surface area contributed by atoms with Gasteiger partial charge in [-0.2, -0.15) is 12.6 Å². The van der Waals surface area contributed by atoms with Crippen LogP contribution in [-0.4, -0.2) is 45.8 Å². The number of carbonyl (C=O) groups is 2. The van der Waals surface area contributed by atoms with Crippen LogP contribution in [0.2, 0.25) is 0 Å². The second kappa shape index (κ2) is 7.15. The van der Waals surface area contributed by atoms with E-state index >= 15 is 0 Å². The van der Waals surface area contributed by atoms with Gasteiger partial charge in [-0.05, 0) is 31.5 Å². The SMILES string of the molecule is CC(=O)NC(C(=O)O)C1(S)CCN(Cc2ccccc2)CC1. The molecule has 1 aromatic rings. The summed E-state index contributed by atoms with van der Waals surface area (Å²) in [7, 11) is 0. The fourth-order valence-electron chi connectivity index (χ4n) is 2.86. The number of carboxylic acids is 1. The molecule has 2 N–H and O–H groups in total. The zero-order valence-corrected chi connectivity index (χ0v) is 13.6. The van der Waals surface area contributed by atoms with Crippen LogP contribution in [0.3, 0.4) is 0 Å². The van der Waals surface area contributed by atoms with Crippen molar-refractivity contribution in [3.05, 3.63) is 35.9 Å². The summed E-state index contributed by atoms with van der Waals surface area (Å²) in [6.07, 6.45) is 1.25. The second-order valence-electron chi connectivity index (χ2n) is 5.84. The molecule has 1 atom stereocenters. The molecule has 0 spiro atoms. The molecule has 0 radical (unpaired) electrons. The molecule has 5 nitrogen and oxygen atoms in total. The van der Waals surface area contributed by atoms with Crippen molar-refractivity contribution in [1.82, 2.24) is 10.2 Å². The van der Waals surface area contributed by atoms with Gasteiger partial charge in [0.25, 0.3) is 0 Å². The van der Waals surface area contributed by atoms with E-state index in [-0.39, 0.29) is 5.91 Å². The topological polar surface area (TPSA) is 69.6 Å². The fraction of sp³-hybridized carbons (Fsp3) is 0.500. The predicted octanol–water partition coefficient (Wildman–Crippen LogP) is 1.54. The monoisotopic (exact) mass is 322 g/mol. The molecule has 0 bridgehead atoms. The smallest absolute Gasteiger partial charge is 0.327 e. The van der Waals surface area contributed by atoms with Crippen LogP contribution < -0.4 is 5.32 Å². The zero-order chi connectivity index (χ0) is 16.2. The summed E-state index contributed by atoms with van der Waals surface area (Å²) < 4.78 is -0.704. The summed E-state index contributed by atoms with van der Waals surface area (Å²) in [5.41, 5.74) is 1.24. The molecule has 1 heterocycles. The summed E-state index contributed by atoms with van der Waals surface area (Å²) in [5, 5.41) is 11.9. The number of hydrogen-bond donors (Lipinski definition) is 3. The lowest BCUT2D eigenvalue weighted by Crippen LogP contribution is -2.57. The number of rotatable bonds is 5. The third-order valence-corrected chi connectivity index (χ3v) is 4.81. The third kappa shape index (κ3) is 4.24. The van der Waals surface area contributed by atoms with Crippen LogP contribution in [0.25, 0.3) is 0 Å². The van der Waals surface area contributed by atoms with Crippen LogP contribution in [0.1, 0.15) is 25.3 Å². The van der Waals surface area contributed by atoms with Crippen LogP contribution in [0, 0.1) is 0 Å². The van der Waals surface area contributed by atoms with Gasteiger partial charge in [0, 0.05) is 18.2 Å². The van der Waals surface area contributed by atoms with Crippen molar-refractivity contribution in [3.63, 3.8) is 0 Å². The number of piperidine rings is 1. The molecule has 1 amide bonds. The number of carboxylic acid groups (broad SMARTS) is 1. The Morgan fingerprint density at radius 3 is 2.41 bits per heavy atom. The van der Waals surface area contributed by atoms with Gasteiger partial charge in [-0.25, -0.2) is 4.79 Å². The zero-order valence-electron chi connectivity index (χ0n) is 12.7. The minimum atomic E-state index is -1.03. The maximum Gasteiger partial charge on any atom is 0.327 e. The molecular formula is C16H22N2O3S. The maximum absolute atomic E-state index is 11.4. The van der Waals surface area contributed by atoms with Gasteiger partial charge in [0.1, 0.15) is 6.04 Å². The summed E-state index contributed by atoms with van der Waals surface area (Å²) in [4.78, 5) is 25.0.